The zero-order valence-electron chi connectivity index (χ0n) is 11.3. The normalized spacial score (nSPS) is 12.4. The summed E-state index contributed by atoms with van der Waals surface area (Å²) < 4.78 is 5.12. The number of terminal acetylenes is 1. The maximum Gasteiger partial charge on any atom is 0.408 e. The van der Waals surface area contributed by atoms with E-state index in [0.717, 1.165) is 0 Å². The van der Waals surface area contributed by atoms with E-state index >= 15 is 0 Å². The van der Waals surface area contributed by atoms with E-state index in [4.69, 9.17) is 11.2 Å². The van der Waals surface area contributed by atoms with Crippen molar-refractivity contribution >= 4 is 6.09 Å². The first-order chi connectivity index (χ1) is 8.85. The van der Waals surface area contributed by atoms with Crippen molar-refractivity contribution in [2.45, 2.75) is 32.4 Å². The smallest absolute Gasteiger partial charge is 0.408 e. The standard InChI is InChI=1S/C14H18N2O3/c1-5-11-7-6-10(8-15-11)12(9-17)16-13(18)19-14(2,3)4/h1,6-8,12,17H,9H2,2-4H3,(H,16,18). The maximum atomic E-state index is 11.6. The second-order valence-corrected chi connectivity index (χ2v) is 5.00. The average molecular weight is 262 g/mol. The predicted octanol–water partition coefficient (Wildman–Crippen LogP) is 1.62. The van der Waals surface area contributed by atoms with Crippen LogP contribution < -0.4 is 5.32 Å². The van der Waals surface area contributed by atoms with Gasteiger partial charge in [-0.25, -0.2) is 9.78 Å². The Hall–Kier alpha value is -2.06. The molecule has 0 radical (unpaired) electrons. The van der Waals surface area contributed by atoms with E-state index in [9.17, 15) is 9.90 Å². The van der Waals surface area contributed by atoms with Crippen LogP contribution in [0.25, 0.3) is 0 Å². The van der Waals surface area contributed by atoms with Crippen LogP contribution in [-0.2, 0) is 4.74 Å². The summed E-state index contributed by atoms with van der Waals surface area (Å²) in [7, 11) is 0. The second kappa shape index (κ2) is 6.21. The van der Waals surface area contributed by atoms with E-state index in [1.807, 2.05) is 0 Å². The molecule has 0 saturated heterocycles. The molecule has 1 aromatic heterocycles. The summed E-state index contributed by atoms with van der Waals surface area (Å²) in [4.78, 5) is 15.6. The largest absolute Gasteiger partial charge is 0.444 e. The number of nitrogens with one attached hydrogen (secondary N) is 1. The SMILES string of the molecule is C#Cc1ccc(C(CO)NC(=O)OC(C)(C)C)cn1. The number of aliphatic hydroxyl groups excluding tert-OH is 1. The summed E-state index contributed by atoms with van der Waals surface area (Å²) in [6.07, 6.45) is 6.14. The lowest BCUT2D eigenvalue weighted by atomic mass is 10.1. The van der Waals surface area contributed by atoms with Gasteiger partial charge in [-0.2, -0.15) is 0 Å². The molecule has 19 heavy (non-hydrogen) atoms. The molecule has 2 N–H and O–H groups in total. The highest BCUT2D eigenvalue weighted by molar-refractivity contribution is 5.68. The summed E-state index contributed by atoms with van der Waals surface area (Å²) in [6.45, 7) is 5.05. The van der Waals surface area contributed by atoms with Crippen LogP contribution in [0.3, 0.4) is 0 Å². The summed E-state index contributed by atoms with van der Waals surface area (Å²) in [6, 6.07) is 2.78. The third-order valence-electron chi connectivity index (χ3n) is 2.21. The second-order valence-electron chi connectivity index (χ2n) is 5.00. The molecule has 1 unspecified atom stereocenters. The molecule has 0 aliphatic heterocycles. The summed E-state index contributed by atoms with van der Waals surface area (Å²) >= 11 is 0. The number of aromatic nitrogens is 1. The summed E-state index contributed by atoms with van der Waals surface area (Å²) in [5, 5.41) is 11.9. The number of carbonyl (C=O) groups excluding carboxylic acids is 1. The molecule has 0 fully saturated rings. The van der Waals surface area contributed by atoms with Gasteiger partial charge in [-0.3, -0.25) is 0 Å². The Kier molecular flexibility index (Phi) is 4.90. The Labute approximate surface area is 113 Å². The van der Waals surface area contributed by atoms with E-state index in [0.29, 0.717) is 11.3 Å². The molecule has 0 aromatic carbocycles. The average Bonchev–Trinajstić information content (AvgIpc) is 2.34. The molecule has 102 valence electrons. The van der Waals surface area contributed by atoms with Crippen molar-refractivity contribution in [3.8, 4) is 12.3 Å². The number of hydrogen-bond donors (Lipinski definition) is 2. The number of nitrogens with zero attached hydrogens (tertiary/aromatic N) is 1. The number of aliphatic hydroxyl groups is 1. The molecule has 1 atom stereocenters. The van der Waals surface area contributed by atoms with Gasteiger partial charge in [0.25, 0.3) is 0 Å². The first kappa shape index (κ1) is 15.0. The van der Waals surface area contributed by atoms with Crippen LogP contribution in [0.5, 0.6) is 0 Å². The topological polar surface area (TPSA) is 71.5 Å². The highest BCUT2D eigenvalue weighted by Gasteiger charge is 2.20. The number of carbonyl (C=O) groups is 1. The van der Waals surface area contributed by atoms with Gasteiger partial charge < -0.3 is 15.2 Å². The third-order valence-corrected chi connectivity index (χ3v) is 2.21. The fourth-order valence-electron chi connectivity index (χ4n) is 1.38. The van der Waals surface area contributed by atoms with Gasteiger partial charge in [0, 0.05) is 6.20 Å². The van der Waals surface area contributed by atoms with Crippen molar-refractivity contribution in [1.29, 1.82) is 0 Å². The van der Waals surface area contributed by atoms with Crippen LogP contribution in [0.1, 0.15) is 38.1 Å². The molecular formula is C14H18N2O3. The van der Waals surface area contributed by atoms with E-state index < -0.39 is 17.7 Å². The van der Waals surface area contributed by atoms with Gasteiger partial charge in [-0.05, 0) is 32.4 Å². The van der Waals surface area contributed by atoms with Gasteiger partial charge in [-0.1, -0.05) is 12.0 Å². The zero-order chi connectivity index (χ0) is 14.5. The fourth-order valence-corrected chi connectivity index (χ4v) is 1.38. The minimum atomic E-state index is -0.590. The van der Waals surface area contributed by atoms with E-state index in [1.54, 1.807) is 32.9 Å². The number of ether oxygens (including phenoxy) is 1. The van der Waals surface area contributed by atoms with Crippen molar-refractivity contribution in [2.75, 3.05) is 6.61 Å². The van der Waals surface area contributed by atoms with Gasteiger partial charge in [0.15, 0.2) is 0 Å². The number of pyridine rings is 1. The molecule has 0 aliphatic rings. The Morgan fingerprint density at radius 1 is 1.58 bits per heavy atom. The number of hydrogen-bond acceptors (Lipinski definition) is 4. The molecule has 1 heterocycles. The lowest BCUT2D eigenvalue weighted by Crippen LogP contribution is -2.36. The monoisotopic (exact) mass is 262 g/mol. The number of amides is 1. The van der Waals surface area contributed by atoms with E-state index in [-0.39, 0.29) is 6.61 Å². The highest BCUT2D eigenvalue weighted by Crippen LogP contribution is 2.13. The Bertz CT molecular complexity index is 469. The molecule has 1 aromatic rings. The third kappa shape index (κ3) is 4.98. The lowest BCUT2D eigenvalue weighted by Gasteiger charge is -2.22. The first-order valence-corrected chi connectivity index (χ1v) is 5.88. The van der Waals surface area contributed by atoms with Crippen molar-refractivity contribution in [1.82, 2.24) is 10.3 Å². The molecule has 5 heteroatoms. The predicted molar refractivity (Wildman–Crippen MR) is 71.4 cm³/mol. The molecule has 1 rings (SSSR count). The van der Waals surface area contributed by atoms with Gasteiger partial charge in [-0.15, -0.1) is 6.42 Å². The fraction of sp³-hybridized carbons (Fsp3) is 0.429. The number of alkyl carbamates (subject to hydrolysis) is 1. The van der Waals surface area contributed by atoms with Crippen LogP contribution in [0.2, 0.25) is 0 Å². The Morgan fingerprint density at radius 3 is 2.68 bits per heavy atom. The first-order valence-electron chi connectivity index (χ1n) is 5.88. The number of rotatable bonds is 3. The summed E-state index contributed by atoms with van der Waals surface area (Å²) in [5.74, 6) is 2.40. The van der Waals surface area contributed by atoms with E-state index in [1.165, 1.54) is 6.20 Å². The molecule has 0 saturated carbocycles. The molecule has 0 bridgehead atoms. The highest BCUT2D eigenvalue weighted by atomic mass is 16.6. The van der Waals surface area contributed by atoms with Crippen LogP contribution in [0.4, 0.5) is 4.79 Å². The van der Waals surface area contributed by atoms with Crippen molar-refractivity contribution < 1.29 is 14.6 Å². The minimum Gasteiger partial charge on any atom is -0.444 e. The maximum absolute atomic E-state index is 11.6. The Balaban J connectivity index is 2.72. The van der Waals surface area contributed by atoms with Gasteiger partial charge in [0.1, 0.15) is 11.3 Å². The van der Waals surface area contributed by atoms with Gasteiger partial charge in [0.05, 0.1) is 12.6 Å². The quantitative estimate of drug-likeness (QED) is 0.812. The van der Waals surface area contributed by atoms with Crippen LogP contribution in [0, 0.1) is 12.3 Å². The van der Waals surface area contributed by atoms with Gasteiger partial charge >= 0.3 is 6.09 Å². The molecule has 0 spiro atoms. The summed E-state index contributed by atoms with van der Waals surface area (Å²) in [5.41, 5.74) is 0.570. The van der Waals surface area contributed by atoms with Crippen molar-refractivity contribution in [3.05, 3.63) is 29.6 Å². The van der Waals surface area contributed by atoms with Crippen LogP contribution in [-0.4, -0.2) is 28.4 Å². The molecule has 0 aliphatic carbocycles. The molecule has 1 amide bonds. The van der Waals surface area contributed by atoms with Crippen molar-refractivity contribution in [3.63, 3.8) is 0 Å². The minimum absolute atomic E-state index is 0.254. The van der Waals surface area contributed by atoms with E-state index in [2.05, 4.69) is 16.2 Å². The molecule has 5 nitrogen and oxygen atoms in total. The van der Waals surface area contributed by atoms with Crippen LogP contribution >= 0.6 is 0 Å². The lowest BCUT2D eigenvalue weighted by molar-refractivity contribution is 0.0482. The zero-order valence-corrected chi connectivity index (χ0v) is 11.3. The Morgan fingerprint density at radius 2 is 2.26 bits per heavy atom. The molecular weight excluding hydrogens is 244 g/mol. The van der Waals surface area contributed by atoms with Crippen LogP contribution in [0.15, 0.2) is 18.3 Å². The van der Waals surface area contributed by atoms with Crippen molar-refractivity contribution in [2.24, 2.45) is 0 Å². The van der Waals surface area contributed by atoms with Gasteiger partial charge in [0.2, 0.25) is 0 Å².